The molecule has 0 bridgehead atoms. The lowest BCUT2D eigenvalue weighted by Crippen LogP contribution is -2.17. The first-order chi connectivity index (χ1) is 11.5. The van der Waals surface area contributed by atoms with Crippen molar-refractivity contribution in [1.29, 1.82) is 0 Å². The molecule has 1 aromatic heterocycles. The monoisotopic (exact) mass is 343 g/mol. The summed E-state index contributed by atoms with van der Waals surface area (Å²) in [7, 11) is 0. The standard InChI is InChI=1S/C20H26ClN3/c1-13(2)18-9-20(24-17-7-4-14(3)19(21)8-17)23-12-16(18)11-22-10-15-5-6-15/h4,7-9,12-13,15,22H,5-6,10-11H2,1-3H3,(H,23,24). The minimum atomic E-state index is 0.466. The largest absolute Gasteiger partial charge is 0.340 e. The number of nitrogens with zero attached hydrogens (tertiary/aromatic N) is 1. The predicted octanol–water partition coefficient (Wildman–Crippen LogP) is 5.41. The molecule has 2 N–H and O–H groups in total. The minimum Gasteiger partial charge on any atom is -0.340 e. The summed E-state index contributed by atoms with van der Waals surface area (Å²) in [4.78, 5) is 4.59. The summed E-state index contributed by atoms with van der Waals surface area (Å²) in [5.74, 6) is 2.23. The summed E-state index contributed by atoms with van der Waals surface area (Å²) in [6, 6.07) is 8.15. The van der Waals surface area contributed by atoms with Crippen molar-refractivity contribution in [2.24, 2.45) is 5.92 Å². The molecule has 0 unspecified atom stereocenters. The molecule has 0 saturated heterocycles. The van der Waals surface area contributed by atoms with Crippen molar-refractivity contribution in [2.75, 3.05) is 11.9 Å². The number of nitrogens with one attached hydrogen (secondary N) is 2. The Morgan fingerprint density at radius 1 is 1.25 bits per heavy atom. The van der Waals surface area contributed by atoms with E-state index in [-0.39, 0.29) is 0 Å². The van der Waals surface area contributed by atoms with Gasteiger partial charge in [-0.25, -0.2) is 4.98 Å². The van der Waals surface area contributed by atoms with Gasteiger partial charge in [0.15, 0.2) is 0 Å². The molecule has 1 aliphatic rings. The third kappa shape index (κ3) is 4.49. The molecule has 3 rings (SSSR count). The van der Waals surface area contributed by atoms with E-state index in [4.69, 9.17) is 11.6 Å². The van der Waals surface area contributed by atoms with Crippen LogP contribution in [0, 0.1) is 12.8 Å². The molecule has 24 heavy (non-hydrogen) atoms. The average Bonchev–Trinajstić information content (AvgIpc) is 3.36. The van der Waals surface area contributed by atoms with E-state index in [0.717, 1.165) is 41.1 Å². The van der Waals surface area contributed by atoms with Crippen molar-refractivity contribution in [3.63, 3.8) is 0 Å². The van der Waals surface area contributed by atoms with Crippen LogP contribution in [0.15, 0.2) is 30.5 Å². The van der Waals surface area contributed by atoms with E-state index in [1.807, 2.05) is 31.3 Å². The van der Waals surface area contributed by atoms with E-state index in [2.05, 4.69) is 35.5 Å². The number of halogens is 1. The summed E-state index contributed by atoms with van der Waals surface area (Å²) >= 11 is 6.21. The Morgan fingerprint density at radius 3 is 2.71 bits per heavy atom. The van der Waals surface area contributed by atoms with Gasteiger partial charge in [0.1, 0.15) is 5.82 Å². The molecule has 3 nitrogen and oxygen atoms in total. The van der Waals surface area contributed by atoms with Crippen molar-refractivity contribution in [2.45, 2.75) is 46.1 Å². The van der Waals surface area contributed by atoms with E-state index < -0.39 is 0 Å². The van der Waals surface area contributed by atoms with Gasteiger partial charge >= 0.3 is 0 Å². The third-order valence-electron chi connectivity index (χ3n) is 4.53. The van der Waals surface area contributed by atoms with Crippen LogP contribution in [-0.2, 0) is 6.54 Å². The number of anilines is 2. The second-order valence-electron chi connectivity index (χ2n) is 7.09. The van der Waals surface area contributed by atoms with Crippen molar-refractivity contribution in [3.8, 4) is 0 Å². The van der Waals surface area contributed by atoms with Crippen LogP contribution in [-0.4, -0.2) is 11.5 Å². The molecule has 0 atom stereocenters. The molecule has 1 saturated carbocycles. The Bertz CT molecular complexity index is 708. The fourth-order valence-electron chi connectivity index (χ4n) is 2.80. The average molecular weight is 344 g/mol. The van der Waals surface area contributed by atoms with Crippen LogP contribution in [0.3, 0.4) is 0 Å². The molecule has 128 valence electrons. The van der Waals surface area contributed by atoms with Gasteiger partial charge in [-0.15, -0.1) is 0 Å². The Hall–Kier alpha value is -1.58. The molecule has 0 aliphatic heterocycles. The van der Waals surface area contributed by atoms with Crippen LogP contribution in [0.25, 0.3) is 0 Å². The summed E-state index contributed by atoms with van der Waals surface area (Å²) in [5.41, 5.74) is 4.68. The molecule has 0 spiro atoms. The molecule has 1 fully saturated rings. The Balaban J connectivity index is 1.73. The summed E-state index contributed by atoms with van der Waals surface area (Å²) < 4.78 is 0. The zero-order valence-corrected chi connectivity index (χ0v) is 15.5. The van der Waals surface area contributed by atoms with E-state index in [1.165, 1.54) is 24.0 Å². The fourth-order valence-corrected chi connectivity index (χ4v) is 2.98. The first kappa shape index (κ1) is 17.2. The zero-order valence-electron chi connectivity index (χ0n) is 14.7. The van der Waals surface area contributed by atoms with Crippen molar-refractivity contribution in [1.82, 2.24) is 10.3 Å². The molecule has 0 amide bonds. The number of benzene rings is 1. The van der Waals surface area contributed by atoms with Crippen molar-refractivity contribution < 1.29 is 0 Å². The first-order valence-corrected chi connectivity index (χ1v) is 9.13. The molecular weight excluding hydrogens is 318 g/mol. The van der Waals surface area contributed by atoms with Gasteiger partial charge in [0, 0.05) is 23.5 Å². The predicted molar refractivity (Wildman–Crippen MR) is 102 cm³/mol. The Labute approximate surface area is 149 Å². The number of pyridine rings is 1. The van der Waals surface area contributed by atoms with E-state index in [9.17, 15) is 0 Å². The lowest BCUT2D eigenvalue weighted by atomic mass is 9.99. The molecule has 0 radical (unpaired) electrons. The highest BCUT2D eigenvalue weighted by atomic mass is 35.5. The zero-order chi connectivity index (χ0) is 17.1. The van der Waals surface area contributed by atoms with Crippen LogP contribution in [0.2, 0.25) is 5.02 Å². The van der Waals surface area contributed by atoms with E-state index in [1.54, 1.807) is 0 Å². The van der Waals surface area contributed by atoms with Gasteiger partial charge in [-0.1, -0.05) is 31.5 Å². The number of rotatable bonds is 7. The molecule has 4 heteroatoms. The van der Waals surface area contributed by atoms with Crippen LogP contribution < -0.4 is 10.6 Å². The van der Waals surface area contributed by atoms with Gasteiger partial charge in [0.25, 0.3) is 0 Å². The maximum absolute atomic E-state index is 6.21. The van der Waals surface area contributed by atoms with Crippen LogP contribution in [0.1, 0.15) is 49.3 Å². The SMILES string of the molecule is Cc1ccc(Nc2cc(C(C)C)c(CNCC3CC3)cn2)cc1Cl. The minimum absolute atomic E-state index is 0.466. The van der Waals surface area contributed by atoms with Crippen molar-refractivity contribution >= 4 is 23.1 Å². The number of aromatic nitrogens is 1. The third-order valence-corrected chi connectivity index (χ3v) is 4.94. The van der Waals surface area contributed by atoms with Crippen molar-refractivity contribution in [3.05, 3.63) is 52.2 Å². The molecule has 1 heterocycles. The van der Waals surface area contributed by atoms with Crippen LogP contribution >= 0.6 is 11.6 Å². The van der Waals surface area contributed by atoms with Gasteiger partial charge < -0.3 is 10.6 Å². The first-order valence-electron chi connectivity index (χ1n) is 8.75. The summed E-state index contributed by atoms with van der Waals surface area (Å²) in [6.45, 7) is 8.48. The normalized spacial score (nSPS) is 14.2. The van der Waals surface area contributed by atoms with Gasteiger partial charge in [-0.3, -0.25) is 0 Å². The number of aryl methyl sites for hydroxylation is 1. The molecule has 2 aromatic rings. The summed E-state index contributed by atoms with van der Waals surface area (Å²) in [5, 5.41) is 7.70. The lowest BCUT2D eigenvalue weighted by Gasteiger charge is -2.16. The fraction of sp³-hybridized carbons (Fsp3) is 0.450. The second-order valence-corrected chi connectivity index (χ2v) is 7.49. The Kier molecular flexibility index (Phi) is 5.42. The van der Waals surface area contributed by atoms with Gasteiger partial charge in [-0.2, -0.15) is 0 Å². The maximum atomic E-state index is 6.21. The smallest absolute Gasteiger partial charge is 0.130 e. The maximum Gasteiger partial charge on any atom is 0.130 e. The van der Waals surface area contributed by atoms with E-state index in [0.29, 0.717) is 5.92 Å². The van der Waals surface area contributed by atoms with Crippen LogP contribution in [0.5, 0.6) is 0 Å². The molecule has 1 aromatic carbocycles. The number of hydrogen-bond donors (Lipinski definition) is 2. The molecule has 1 aliphatic carbocycles. The van der Waals surface area contributed by atoms with E-state index >= 15 is 0 Å². The van der Waals surface area contributed by atoms with Gasteiger partial charge in [0.05, 0.1) is 0 Å². The quantitative estimate of drug-likeness (QED) is 0.705. The van der Waals surface area contributed by atoms with Gasteiger partial charge in [-0.05, 0) is 73.0 Å². The highest BCUT2D eigenvalue weighted by Gasteiger charge is 2.20. The van der Waals surface area contributed by atoms with Gasteiger partial charge in [0.2, 0.25) is 0 Å². The molecular formula is C20H26ClN3. The lowest BCUT2D eigenvalue weighted by molar-refractivity contribution is 0.631. The number of hydrogen-bond acceptors (Lipinski definition) is 3. The Morgan fingerprint density at radius 2 is 2.04 bits per heavy atom. The highest BCUT2D eigenvalue weighted by molar-refractivity contribution is 6.31. The van der Waals surface area contributed by atoms with Crippen LogP contribution in [0.4, 0.5) is 11.5 Å². The topological polar surface area (TPSA) is 37.0 Å². The highest BCUT2D eigenvalue weighted by Crippen LogP contribution is 2.28. The summed E-state index contributed by atoms with van der Waals surface area (Å²) in [6.07, 6.45) is 4.75. The second kappa shape index (κ2) is 7.54.